The summed E-state index contributed by atoms with van der Waals surface area (Å²) in [6.45, 7) is -0.379. The van der Waals surface area contributed by atoms with E-state index in [0.717, 1.165) is 17.1 Å². The van der Waals surface area contributed by atoms with Crippen molar-refractivity contribution in [1.29, 1.82) is 0 Å². The predicted octanol–water partition coefficient (Wildman–Crippen LogP) is 0.694. The quantitative estimate of drug-likeness (QED) is 0.436. The van der Waals surface area contributed by atoms with E-state index in [9.17, 15) is 28.4 Å². The van der Waals surface area contributed by atoms with Crippen LogP contribution in [0.4, 0.5) is 18.9 Å². The maximum Gasteiger partial charge on any atom is 0.390 e. The lowest BCUT2D eigenvalue weighted by molar-refractivity contribution is -0.385. The van der Waals surface area contributed by atoms with E-state index in [4.69, 9.17) is 0 Å². The molecule has 0 fully saturated rings. The van der Waals surface area contributed by atoms with Gasteiger partial charge in [0.15, 0.2) is 0 Å². The third kappa shape index (κ3) is 6.15. The SMILES string of the molecule is O=[N+]([O-])c1cnn(CC(O)CNCCC(F)(F)F)c1. The number of hydrogen-bond acceptors (Lipinski definition) is 5. The highest BCUT2D eigenvalue weighted by atomic mass is 19.4. The number of aliphatic hydroxyl groups excluding tert-OH is 1. The van der Waals surface area contributed by atoms with Crippen molar-refractivity contribution < 1.29 is 23.2 Å². The Hall–Kier alpha value is -1.68. The van der Waals surface area contributed by atoms with Gasteiger partial charge >= 0.3 is 11.9 Å². The number of nitrogens with one attached hydrogen (secondary N) is 1. The van der Waals surface area contributed by atoms with Gasteiger partial charge in [-0.25, -0.2) is 0 Å². The summed E-state index contributed by atoms with van der Waals surface area (Å²) in [6.07, 6.45) is -4.02. The van der Waals surface area contributed by atoms with Gasteiger partial charge in [-0.1, -0.05) is 0 Å². The van der Waals surface area contributed by atoms with E-state index in [0.29, 0.717) is 0 Å². The molecule has 2 N–H and O–H groups in total. The number of nitro groups is 1. The highest BCUT2D eigenvalue weighted by Crippen LogP contribution is 2.18. The molecule has 0 saturated carbocycles. The molecule has 1 unspecified atom stereocenters. The lowest BCUT2D eigenvalue weighted by Gasteiger charge is -2.12. The normalized spacial score (nSPS) is 13.5. The number of alkyl halides is 3. The number of aromatic nitrogens is 2. The standard InChI is InChI=1S/C9H13F3N4O3/c10-9(11,12)1-2-13-4-8(17)6-15-5-7(3-14-15)16(18)19/h3,5,8,13,17H,1-2,4,6H2. The predicted molar refractivity (Wildman–Crippen MR) is 58.4 cm³/mol. The van der Waals surface area contributed by atoms with Gasteiger partial charge in [-0.3, -0.25) is 14.8 Å². The molecule has 1 aromatic heterocycles. The Bertz CT molecular complexity index is 421. The van der Waals surface area contributed by atoms with Crippen LogP contribution in [0, 0.1) is 10.1 Å². The highest BCUT2D eigenvalue weighted by Gasteiger charge is 2.26. The Morgan fingerprint density at radius 3 is 2.79 bits per heavy atom. The minimum absolute atomic E-state index is 0.0349. The zero-order valence-electron chi connectivity index (χ0n) is 9.80. The van der Waals surface area contributed by atoms with E-state index < -0.39 is 23.6 Å². The van der Waals surface area contributed by atoms with Crippen molar-refractivity contribution in [3.05, 3.63) is 22.5 Å². The molecule has 7 nitrogen and oxygen atoms in total. The molecule has 0 aromatic carbocycles. The van der Waals surface area contributed by atoms with Crippen LogP contribution in [0.25, 0.3) is 0 Å². The number of hydrogen-bond donors (Lipinski definition) is 2. The Balaban J connectivity index is 2.27. The van der Waals surface area contributed by atoms with Gasteiger partial charge in [-0.05, 0) is 0 Å². The molecule has 10 heteroatoms. The van der Waals surface area contributed by atoms with Crippen LogP contribution in [-0.4, -0.2) is 45.2 Å². The summed E-state index contributed by atoms with van der Waals surface area (Å²) < 4.78 is 36.6. The van der Waals surface area contributed by atoms with Crippen molar-refractivity contribution in [3.8, 4) is 0 Å². The molecule has 19 heavy (non-hydrogen) atoms. The number of halogens is 3. The van der Waals surface area contributed by atoms with Crippen LogP contribution in [-0.2, 0) is 6.54 Å². The zero-order chi connectivity index (χ0) is 14.5. The molecule has 1 heterocycles. The highest BCUT2D eigenvalue weighted by molar-refractivity contribution is 5.20. The van der Waals surface area contributed by atoms with Crippen molar-refractivity contribution in [3.63, 3.8) is 0 Å². The van der Waals surface area contributed by atoms with Crippen molar-refractivity contribution in [1.82, 2.24) is 15.1 Å². The third-order valence-electron chi connectivity index (χ3n) is 2.19. The first-order chi connectivity index (χ1) is 8.78. The molecule has 0 bridgehead atoms. The van der Waals surface area contributed by atoms with E-state index in [1.165, 1.54) is 0 Å². The largest absolute Gasteiger partial charge is 0.390 e. The summed E-state index contributed by atoms with van der Waals surface area (Å²) in [4.78, 5) is 9.75. The van der Waals surface area contributed by atoms with Crippen LogP contribution < -0.4 is 5.32 Å². The topological polar surface area (TPSA) is 93.2 Å². The molecule has 0 radical (unpaired) electrons. The molecule has 0 amide bonds. The molecule has 1 atom stereocenters. The van der Waals surface area contributed by atoms with Crippen LogP contribution in [0.5, 0.6) is 0 Å². The molecule has 108 valence electrons. The van der Waals surface area contributed by atoms with Gasteiger partial charge in [-0.2, -0.15) is 18.3 Å². The monoisotopic (exact) mass is 282 g/mol. The van der Waals surface area contributed by atoms with Gasteiger partial charge in [0.1, 0.15) is 12.4 Å². The van der Waals surface area contributed by atoms with Gasteiger partial charge < -0.3 is 10.4 Å². The molecule has 1 rings (SSSR count). The van der Waals surface area contributed by atoms with Crippen LogP contribution >= 0.6 is 0 Å². The Morgan fingerprint density at radius 2 is 2.26 bits per heavy atom. The maximum atomic E-state index is 11.8. The summed E-state index contributed by atoms with van der Waals surface area (Å²) in [7, 11) is 0. The summed E-state index contributed by atoms with van der Waals surface area (Å²) >= 11 is 0. The maximum absolute atomic E-state index is 11.8. The van der Waals surface area contributed by atoms with Crippen LogP contribution in [0.2, 0.25) is 0 Å². The summed E-state index contributed by atoms with van der Waals surface area (Å²) in [6, 6.07) is 0. The third-order valence-corrected chi connectivity index (χ3v) is 2.19. The summed E-state index contributed by atoms with van der Waals surface area (Å²) in [5.41, 5.74) is -0.211. The number of aliphatic hydroxyl groups is 1. The molecule has 0 saturated heterocycles. The Morgan fingerprint density at radius 1 is 1.58 bits per heavy atom. The fourth-order valence-corrected chi connectivity index (χ4v) is 1.33. The van der Waals surface area contributed by atoms with Gasteiger partial charge in [0, 0.05) is 13.1 Å². The first kappa shape index (κ1) is 15.4. The smallest absolute Gasteiger partial charge is 0.390 e. The van der Waals surface area contributed by atoms with Gasteiger partial charge in [0.05, 0.1) is 24.0 Å². The summed E-state index contributed by atoms with van der Waals surface area (Å²) in [5.74, 6) is 0. The molecule has 1 aromatic rings. The van der Waals surface area contributed by atoms with E-state index >= 15 is 0 Å². The minimum Gasteiger partial charge on any atom is -0.390 e. The van der Waals surface area contributed by atoms with Gasteiger partial charge in [0.2, 0.25) is 0 Å². The number of nitrogens with zero attached hydrogens (tertiary/aromatic N) is 3. The summed E-state index contributed by atoms with van der Waals surface area (Å²) in [5, 5.41) is 26.0. The molecule has 0 aliphatic heterocycles. The first-order valence-electron chi connectivity index (χ1n) is 5.40. The van der Waals surface area contributed by atoms with E-state index in [-0.39, 0.29) is 25.3 Å². The molecular weight excluding hydrogens is 269 g/mol. The fraction of sp³-hybridized carbons (Fsp3) is 0.667. The average Bonchev–Trinajstić information content (AvgIpc) is 2.71. The Kier molecular flexibility index (Phi) is 5.24. The van der Waals surface area contributed by atoms with Crippen molar-refractivity contribution in [2.24, 2.45) is 0 Å². The second kappa shape index (κ2) is 6.48. The lowest BCUT2D eigenvalue weighted by atomic mass is 10.3. The molecule has 0 aliphatic rings. The van der Waals surface area contributed by atoms with E-state index in [2.05, 4.69) is 10.4 Å². The molecular formula is C9H13F3N4O3. The average molecular weight is 282 g/mol. The second-order valence-corrected chi connectivity index (χ2v) is 3.90. The van der Waals surface area contributed by atoms with Crippen molar-refractivity contribution >= 4 is 5.69 Å². The lowest BCUT2D eigenvalue weighted by Crippen LogP contribution is -2.32. The van der Waals surface area contributed by atoms with E-state index in [1.54, 1.807) is 0 Å². The second-order valence-electron chi connectivity index (χ2n) is 3.90. The minimum atomic E-state index is -4.24. The van der Waals surface area contributed by atoms with Crippen LogP contribution in [0.1, 0.15) is 6.42 Å². The van der Waals surface area contributed by atoms with Crippen LogP contribution in [0.15, 0.2) is 12.4 Å². The Labute approximate surface area is 106 Å². The molecule has 0 spiro atoms. The van der Waals surface area contributed by atoms with Crippen LogP contribution in [0.3, 0.4) is 0 Å². The fourth-order valence-electron chi connectivity index (χ4n) is 1.33. The van der Waals surface area contributed by atoms with Crippen molar-refractivity contribution in [2.75, 3.05) is 13.1 Å². The molecule has 0 aliphatic carbocycles. The zero-order valence-corrected chi connectivity index (χ0v) is 9.80. The van der Waals surface area contributed by atoms with E-state index in [1.807, 2.05) is 0 Å². The number of rotatable bonds is 7. The van der Waals surface area contributed by atoms with Gasteiger partial charge in [0.25, 0.3) is 0 Å². The first-order valence-corrected chi connectivity index (χ1v) is 5.40. The van der Waals surface area contributed by atoms with Gasteiger partial charge in [-0.15, -0.1) is 0 Å². The van der Waals surface area contributed by atoms with Crippen molar-refractivity contribution in [2.45, 2.75) is 25.2 Å².